The molecule has 124 valence electrons. The number of carbonyl (C=O) groups excluding carboxylic acids is 1. The van der Waals surface area contributed by atoms with Crippen LogP contribution < -0.4 is 10.6 Å². The van der Waals surface area contributed by atoms with Crippen LogP contribution in [0.2, 0.25) is 4.34 Å². The first kappa shape index (κ1) is 17.5. The summed E-state index contributed by atoms with van der Waals surface area (Å²) in [5.74, 6) is 0. The minimum absolute atomic E-state index is 0.0744. The predicted molar refractivity (Wildman–Crippen MR) is 89.4 cm³/mol. The van der Waals surface area contributed by atoms with E-state index in [9.17, 15) is 4.79 Å². The van der Waals surface area contributed by atoms with E-state index in [0.29, 0.717) is 17.4 Å². The van der Waals surface area contributed by atoms with Gasteiger partial charge in [-0.2, -0.15) is 0 Å². The van der Waals surface area contributed by atoms with Crippen LogP contribution in [0.15, 0.2) is 6.20 Å². The Labute approximate surface area is 140 Å². The average molecular weight is 346 g/mol. The van der Waals surface area contributed by atoms with Crippen molar-refractivity contribution < 1.29 is 9.53 Å². The maximum Gasteiger partial charge on any atom is 0.407 e. The van der Waals surface area contributed by atoms with Crippen LogP contribution in [0.1, 0.15) is 51.5 Å². The summed E-state index contributed by atoms with van der Waals surface area (Å²) in [4.78, 5) is 16.1. The average Bonchev–Trinajstić information content (AvgIpc) is 3.02. The molecule has 1 fully saturated rings. The molecule has 0 atom stereocenters. The number of aromatic nitrogens is 1. The van der Waals surface area contributed by atoms with Crippen molar-refractivity contribution in [2.45, 2.75) is 64.1 Å². The summed E-state index contributed by atoms with van der Waals surface area (Å²) in [7, 11) is 0. The Balaban J connectivity index is 1.87. The third-order valence-corrected chi connectivity index (χ3v) is 4.79. The Bertz CT molecular complexity index is 507. The molecule has 0 radical (unpaired) electrons. The van der Waals surface area contributed by atoms with Gasteiger partial charge < -0.3 is 15.4 Å². The molecular formula is C15H24ClN3O2S. The highest BCUT2D eigenvalue weighted by molar-refractivity contribution is 7.15. The van der Waals surface area contributed by atoms with Crippen LogP contribution in [-0.4, -0.2) is 28.8 Å². The zero-order valence-electron chi connectivity index (χ0n) is 13.4. The first-order valence-electron chi connectivity index (χ1n) is 7.60. The molecule has 1 aliphatic rings. The zero-order valence-corrected chi connectivity index (χ0v) is 14.9. The number of amides is 1. The minimum atomic E-state index is -0.474. The fraction of sp³-hybridized carbons (Fsp3) is 0.733. The van der Waals surface area contributed by atoms with E-state index in [0.717, 1.165) is 17.8 Å². The van der Waals surface area contributed by atoms with Crippen molar-refractivity contribution in [1.29, 1.82) is 0 Å². The Kier molecular flexibility index (Phi) is 5.69. The highest BCUT2D eigenvalue weighted by Gasteiger charge is 2.34. The molecule has 1 saturated carbocycles. The molecule has 7 heteroatoms. The quantitative estimate of drug-likeness (QED) is 0.853. The molecule has 2 N–H and O–H groups in total. The molecule has 1 amide bonds. The van der Waals surface area contributed by atoms with Gasteiger partial charge in [-0.05, 0) is 33.6 Å². The second kappa shape index (κ2) is 7.15. The summed E-state index contributed by atoms with van der Waals surface area (Å²) in [5, 5.41) is 7.42. The molecule has 1 heterocycles. The highest BCUT2D eigenvalue weighted by Crippen LogP contribution is 2.30. The maximum absolute atomic E-state index is 11.8. The van der Waals surface area contributed by atoms with E-state index in [2.05, 4.69) is 15.6 Å². The summed E-state index contributed by atoms with van der Waals surface area (Å²) in [6.45, 7) is 6.83. The van der Waals surface area contributed by atoms with Gasteiger partial charge in [-0.25, -0.2) is 9.78 Å². The van der Waals surface area contributed by atoms with Crippen LogP contribution in [-0.2, 0) is 11.3 Å². The molecule has 5 nitrogen and oxygen atoms in total. The Morgan fingerprint density at radius 3 is 2.68 bits per heavy atom. The van der Waals surface area contributed by atoms with Gasteiger partial charge in [-0.1, -0.05) is 24.4 Å². The third kappa shape index (κ3) is 5.41. The summed E-state index contributed by atoms with van der Waals surface area (Å²) >= 11 is 7.39. The highest BCUT2D eigenvalue weighted by atomic mass is 35.5. The lowest BCUT2D eigenvalue weighted by Gasteiger charge is -2.31. The summed E-state index contributed by atoms with van der Waals surface area (Å²) < 4.78 is 6.00. The number of halogens is 1. The molecular weight excluding hydrogens is 322 g/mol. The second-order valence-corrected chi connectivity index (χ2v) is 8.50. The molecule has 0 unspecified atom stereocenters. The fourth-order valence-electron chi connectivity index (χ4n) is 2.66. The second-order valence-electron chi connectivity index (χ2n) is 6.75. The lowest BCUT2D eigenvalue weighted by atomic mass is 9.97. The molecule has 1 aliphatic carbocycles. The topological polar surface area (TPSA) is 63.2 Å². The van der Waals surface area contributed by atoms with Crippen molar-refractivity contribution >= 4 is 29.0 Å². The first-order chi connectivity index (χ1) is 10.3. The van der Waals surface area contributed by atoms with E-state index >= 15 is 0 Å². The number of nitrogens with zero attached hydrogens (tertiary/aromatic N) is 1. The molecule has 0 bridgehead atoms. The number of nitrogens with one attached hydrogen (secondary N) is 2. The number of rotatable bonds is 5. The fourth-order valence-corrected chi connectivity index (χ4v) is 3.55. The monoisotopic (exact) mass is 345 g/mol. The van der Waals surface area contributed by atoms with E-state index in [1.807, 2.05) is 20.8 Å². The molecule has 0 aliphatic heterocycles. The largest absolute Gasteiger partial charge is 0.444 e. The van der Waals surface area contributed by atoms with E-state index in [4.69, 9.17) is 16.3 Å². The third-order valence-electron chi connectivity index (χ3n) is 3.67. The van der Waals surface area contributed by atoms with Crippen molar-refractivity contribution in [2.75, 3.05) is 6.54 Å². The van der Waals surface area contributed by atoms with Gasteiger partial charge >= 0.3 is 6.09 Å². The van der Waals surface area contributed by atoms with Crippen molar-refractivity contribution in [3.8, 4) is 0 Å². The van der Waals surface area contributed by atoms with Gasteiger partial charge in [0.25, 0.3) is 0 Å². The molecule has 0 saturated heterocycles. The van der Waals surface area contributed by atoms with Crippen molar-refractivity contribution in [3.05, 3.63) is 15.5 Å². The van der Waals surface area contributed by atoms with Gasteiger partial charge in [0.05, 0.1) is 6.20 Å². The van der Waals surface area contributed by atoms with Crippen molar-refractivity contribution in [2.24, 2.45) is 0 Å². The summed E-state index contributed by atoms with van der Waals surface area (Å²) in [6, 6.07) is 0. The number of hydrogen-bond acceptors (Lipinski definition) is 5. The molecule has 0 aromatic carbocycles. The van der Waals surface area contributed by atoms with Gasteiger partial charge in [0.2, 0.25) is 0 Å². The molecule has 1 aromatic rings. The van der Waals surface area contributed by atoms with E-state index in [-0.39, 0.29) is 11.6 Å². The van der Waals surface area contributed by atoms with Crippen molar-refractivity contribution in [3.63, 3.8) is 0 Å². The molecule has 0 spiro atoms. The Hall–Kier alpha value is -0.850. The lowest BCUT2D eigenvalue weighted by Crippen LogP contribution is -2.52. The smallest absolute Gasteiger partial charge is 0.407 e. The lowest BCUT2D eigenvalue weighted by molar-refractivity contribution is 0.0509. The van der Waals surface area contributed by atoms with Gasteiger partial charge in [-0.3, -0.25) is 0 Å². The normalized spacial score (nSPS) is 17.5. The number of hydrogen-bond donors (Lipinski definition) is 2. The van der Waals surface area contributed by atoms with Crippen molar-refractivity contribution in [1.82, 2.24) is 15.6 Å². The number of ether oxygens (including phenoxy) is 1. The first-order valence-corrected chi connectivity index (χ1v) is 8.80. The van der Waals surface area contributed by atoms with Gasteiger partial charge in [-0.15, -0.1) is 11.3 Å². The SMILES string of the molecule is CC(C)(C)OC(=O)NCC1(NCc2ncc(Cl)s2)CCCC1. The summed E-state index contributed by atoms with van der Waals surface area (Å²) in [5.41, 5.74) is -0.549. The number of thiazole rings is 1. The van der Waals surface area contributed by atoms with E-state index in [1.54, 1.807) is 6.20 Å². The van der Waals surface area contributed by atoms with Crippen LogP contribution in [0.25, 0.3) is 0 Å². The maximum atomic E-state index is 11.8. The van der Waals surface area contributed by atoms with Crippen LogP contribution in [0.4, 0.5) is 4.79 Å². The molecule has 22 heavy (non-hydrogen) atoms. The minimum Gasteiger partial charge on any atom is -0.444 e. The Morgan fingerprint density at radius 2 is 2.14 bits per heavy atom. The zero-order chi connectivity index (χ0) is 16.2. The Morgan fingerprint density at radius 1 is 1.45 bits per heavy atom. The van der Waals surface area contributed by atoms with Gasteiger partial charge in [0.15, 0.2) is 0 Å². The van der Waals surface area contributed by atoms with E-state index in [1.165, 1.54) is 24.2 Å². The van der Waals surface area contributed by atoms with Crippen LogP contribution in [0, 0.1) is 0 Å². The van der Waals surface area contributed by atoms with E-state index < -0.39 is 5.60 Å². The van der Waals surface area contributed by atoms with Crippen LogP contribution in [0.5, 0.6) is 0 Å². The number of alkyl carbamates (subject to hydrolysis) is 1. The number of carbonyl (C=O) groups is 1. The van der Waals surface area contributed by atoms with Crippen LogP contribution in [0.3, 0.4) is 0 Å². The molecule has 1 aromatic heterocycles. The van der Waals surface area contributed by atoms with Crippen LogP contribution >= 0.6 is 22.9 Å². The molecule has 2 rings (SSSR count). The predicted octanol–water partition coefficient (Wildman–Crippen LogP) is 3.72. The van der Waals surface area contributed by atoms with Gasteiger partial charge in [0.1, 0.15) is 14.9 Å². The summed E-state index contributed by atoms with van der Waals surface area (Å²) in [6.07, 6.45) is 5.73. The van der Waals surface area contributed by atoms with Gasteiger partial charge in [0, 0.05) is 18.6 Å². The standard InChI is InChI=1S/C15H24ClN3O2S/c1-14(2,3)21-13(20)18-10-15(6-4-5-7-15)19-9-12-17-8-11(16)22-12/h8,19H,4-7,9-10H2,1-3H3,(H,18,20).